The predicted octanol–water partition coefficient (Wildman–Crippen LogP) is 1.59. The van der Waals surface area contributed by atoms with E-state index in [0.29, 0.717) is 5.75 Å². The molecule has 1 aliphatic heterocycles. The standard InChI is InChI=1S/C12H17FN2O/c1-14-5-7-15(8-6-14)10-3-4-12(16-2)11(13)9-10/h3-4,9H,5-8H2,1-2H3. The third-order valence-electron chi connectivity index (χ3n) is 3.00. The van der Waals surface area contributed by atoms with Gasteiger partial charge in [0, 0.05) is 37.9 Å². The first-order chi connectivity index (χ1) is 7.70. The highest BCUT2D eigenvalue weighted by molar-refractivity contribution is 5.50. The largest absolute Gasteiger partial charge is 0.494 e. The first-order valence-corrected chi connectivity index (χ1v) is 5.48. The molecule has 16 heavy (non-hydrogen) atoms. The molecule has 1 aromatic rings. The summed E-state index contributed by atoms with van der Waals surface area (Å²) in [5.41, 5.74) is 0.936. The lowest BCUT2D eigenvalue weighted by molar-refractivity contribution is 0.312. The van der Waals surface area contributed by atoms with Gasteiger partial charge in [0.1, 0.15) is 0 Å². The minimum atomic E-state index is -0.293. The van der Waals surface area contributed by atoms with E-state index in [2.05, 4.69) is 16.8 Å². The van der Waals surface area contributed by atoms with Crippen molar-refractivity contribution in [2.45, 2.75) is 0 Å². The fourth-order valence-corrected chi connectivity index (χ4v) is 1.92. The Morgan fingerprint density at radius 2 is 1.88 bits per heavy atom. The summed E-state index contributed by atoms with van der Waals surface area (Å²) in [6, 6.07) is 5.14. The molecule has 0 aromatic heterocycles. The number of hydrogen-bond acceptors (Lipinski definition) is 3. The van der Waals surface area contributed by atoms with Crippen LogP contribution in [0.15, 0.2) is 18.2 Å². The normalized spacial score (nSPS) is 17.6. The maximum atomic E-state index is 13.5. The van der Waals surface area contributed by atoms with Crippen molar-refractivity contribution in [3.8, 4) is 5.75 Å². The van der Waals surface area contributed by atoms with E-state index < -0.39 is 0 Å². The lowest BCUT2D eigenvalue weighted by atomic mass is 10.2. The highest BCUT2D eigenvalue weighted by Gasteiger charge is 2.15. The van der Waals surface area contributed by atoms with Crippen molar-refractivity contribution in [3.05, 3.63) is 24.0 Å². The molecule has 3 nitrogen and oxygen atoms in total. The molecule has 0 aliphatic carbocycles. The van der Waals surface area contributed by atoms with E-state index in [9.17, 15) is 4.39 Å². The number of halogens is 1. The van der Waals surface area contributed by atoms with Crippen molar-refractivity contribution in [1.29, 1.82) is 0 Å². The first kappa shape index (κ1) is 11.2. The molecule has 1 aliphatic rings. The Hall–Kier alpha value is -1.29. The number of hydrogen-bond donors (Lipinski definition) is 0. The molecule has 0 unspecified atom stereocenters. The molecule has 1 fully saturated rings. The molecule has 0 atom stereocenters. The van der Waals surface area contributed by atoms with Crippen molar-refractivity contribution in [1.82, 2.24) is 4.90 Å². The van der Waals surface area contributed by atoms with Crippen LogP contribution >= 0.6 is 0 Å². The van der Waals surface area contributed by atoms with Gasteiger partial charge in [0.15, 0.2) is 11.6 Å². The molecule has 0 bridgehead atoms. The van der Waals surface area contributed by atoms with E-state index in [1.54, 1.807) is 12.1 Å². The molecule has 0 saturated carbocycles. The third-order valence-corrected chi connectivity index (χ3v) is 3.00. The van der Waals surface area contributed by atoms with E-state index in [1.807, 2.05) is 6.07 Å². The summed E-state index contributed by atoms with van der Waals surface area (Å²) in [6.07, 6.45) is 0. The van der Waals surface area contributed by atoms with Crippen molar-refractivity contribution < 1.29 is 9.13 Å². The predicted molar refractivity (Wildman–Crippen MR) is 62.7 cm³/mol. The number of benzene rings is 1. The van der Waals surface area contributed by atoms with Crippen molar-refractivity contribution in [3.63, 3.8) is 0 Å². The summed E-state index contributed by atoms with van der Waals surface area (Å²) in [7, 11) is 3.58. The highest BCUT2D eigenvalue weighted by atomic mass is 19.1. The van der Waals surface area contributed by atoms with Gasteiger partial charge >= 0.3 is 0 Å². The van der Waals surface area contributed by atoms with E-state index in [1.165, 1.54) is 7.11 Å². The summed E-state index contributed by atoms with van der Waals surface area (Å²) in [6.45, 7) is 3.94. The second kappa shape index (κ2) is 4.70. The zero-order chi connectivity index (χ0) is 11.5. The molecule has 0 radical (unpaired) electrons. The van der Waals surface area contributed by atoms with Crippen LogP contribution in [0.4, 0.5) is 10.1 Å². The zero-order valence-corrected chi connectivity index (χ0v) is 9.74. The molecular weight excluding hydrogens is 207 g/mol. The molecule has 1 heterocycles. The van der Waals surface area contributed by atoms with Crippen LogP contribution < -0.4 is 9.64 Å². The Bertz CT molecular complexity index is 362. The molecule has 2 rings (SSSR count). The number of ether oxygens (including phenoxy) is 1. The Balaban J connectivity index is 2.12. The Morgan fingerprint density at radius 3 is 2.44 bits per heavy atom. The highest BCUT2D eigenvalue weighted by Crippen LogP contribution is 2.24. The smallest absolute Gasteiger partial charge is 0.167 e. The molecular formula is C12H17FN2O. The van der Waals surface area contributed by atoms with Gasteiger partial charge in [-0.2, -0.15) is 0 Å². The monoisotopic (exact) mass is 224 g/mol. The molecule has 88 valence electrons. The summed E-state index contributed by atoms with van der Waals surface area (Å²) < 4.78 is 18.4. The second-order valence-electron chi connectivity index (χ2n) is 4.11. The molecule has 1 saturated heterocycles. The minimum Gasteiger partial charge on any atom is -0.494 e. The fraction of sp³-hybridized carbons (Fsp3) is 0.500. The second-order valence-corrected chi connectivity index (χ2v) is 4.11. The lowest BCUT2D eigenvalue weighted by Gasteiger charge is -2.34. The summed E-state index contributed by atoms with van der Waals surface area (Å²) in [5.74, 6) is 0.0109. The molecule has 0 spiro atoms. The maximum absolute atomic E-state index is 13.5. The number of rotatable bonds is 2. The van der Waals surface area contributed by atoms with Gasteiger partial charge < -0.3 is 14.5 Å². The van der Waals surface area contributed by atoms with Crippen LogP contribution in [0, 0.1) is 5.82 Å². The quantitative estimate of drug-likeness (QED) is 0.758. The number of anilines is 1. The average molecular weight is 224 g/mol. The van der Waals surface area contributed by atoms with Gasteiger partial charge in [0.05, 0.1) is 7.11 Å². The van der Waals surface area contributed by atoms with E-state index in [4.69, 9.17) is 4.74 Å². The van der Waals surface area contributed by atoms with Gasteiger partial charge in [-0.1, -0.05) is 0 Å². The number of methoxy groups -OCH3 is 1. The van der Waals surface area contributed by atoms with Gasteiger partial charge in [0.25, 0.3) is 0 Å². The summed E-state index contributed by atoms with van der Waals surface area (Å²) >= 11 is 0. The molecule has 4 heteroatoms. The Morgan fingerprint density at radius 1 is 1.19 bits per heavy atom. The summed E-state index contributed by atoms with van der Waals surface area (Å²) in [4.78, 5) is 4.47. The third kappa shape index (κ3) is 2.27. The van der Waals surface area contributed by atoms with Crippen LogP contribution in [-0.4, -0.2) is 45.2 Å². The van der Waals surface area contributed by atoms with Crippen LogP contribution in [-0.2, 0) is 0 Å². The average Bonchev–Trinajstić information content (AvgIpc) is 2.30. The van der Waals surface area contributed by atoms with E-state index in [-0.39, 0.29) is 5.82 Å². The maximum Gasteiger partial charge on any atom is 0.167 e. The topological polar surface area (TPSA) is 15.7 Å². The fourth-order valence-electron chi connectivity index (χ4n) is 1.92. The van der Waals surface area contributed by atoms with Crippen molar-refractivity contribution in [2.24, 2.45) is 0 Å². The van der Waals surface area contributed by atoms with Gasteiger partial charge in [-0.05, 0) is 19.2 Å². The summed E-state index contributed by atoms with van der Waals surface area (Å²) in [5, 5.41) is 0. The van der Waals surface area contributed by atoms with Gasteiger partial charge in [-0.25, -0.2) is 4.39 Å². The minimum absolute atomic E-state index is 0.293. The zero-order valence-electron chi connectivity index (χ0n) is 9.74. The SMILES string of the molecule is COc1ccc(N2CCN(C)CC2)cc1F. The Labute approximate surface area is 95.4 Å². The van der Waals surface area contributed by atoms with Crippen molar-refractivity contribution >= 4 is 5.69 Å². The number of likely N-dealkylation sites (N-methyl/N-ethyl adjacent to an activating group) is 1. The van der Waals surface area contributed by atoms with E-state index >= 15 is 0 Å². The van der Waals surface area contributed by atoms with Gasteiger partial charge in [0.2, 0.25) is 0 Å². The number of piperazine rings is 1. The van der Waals surface area contributed by atoms with Crippen LogP contribution in [0.5, 0.6) is 5.75 Å². The van der Waals surface area contributed by atoms with Gasteiger partial charge in [-0.15, -0.1) is 0 Å². The number of nitrogens with zero attached hydrogens (tertiary/aromatic N) is 2. The van der Waals surface area contributed by atoms with Crippen molar-refractivity contribution in [2.75, 3.05) is 45.2 Å². The molecule has 1 aromatic carbocycles. The lowest BCUT2D eigenvalue weighted by Crippen LogP contribution is -2.44. The van der Waals surface area contributed by atoms with E-state index in [0.717, 1.165) is 31.9 Å². The molecule has 0 amide bonds. The van der Waals surface area contributed by atoms with Crippen LogP contribution in [0.3, 0.4) is 0 Å². The Kier molecular flexibility index (Phi) is 3.29. The van der Waals surface area contributed by atoms with Crippen LogP contribution in [0.1, 0.15) is 0 Å². The van der Waals surface area contributed by atoms with Gasteiger partial charge in [-0.3, -0.25) is 0 Å². The first-order valence-electron chi connectivity index (χ1n) is 5.48. The van der Waals surface area contributed by atoms with Crippen LogP contribution in [0.2, 0.25) is 0 Å². The van der Waals surface area contributed by atoms with Crippen LogP contribution in [0.25, 0.3) is 0 Å². The molecule has 0 N–H and O–H groups in total.